The van der Waals surface area contributed by atoms with Crippen molar-refractivity contribution in [1.29, 1.82) is 0 Å². The Morgan fingerprint density at radius 1 is 0.978 bits per heavy atom. The van der Waals surface area contributed by atoms with E-state index in [0.717, 1.165) is 28.2 Å². The number of ether oxygens (including phenoxy) is 1. The smallest absolute Gasteiger partial charge is 0.335 e. The molecule has 0 spiro atoms. The molecule has 5 aromatic rings. The molecule has 0 fully saturated rings. The molecule has 0 bridgehead atoms. The van der Waals surface area contributed by atoms with Crippen LogP contribution in [0.25, 0.3) is 11.8 Å². The molecule has 1 atom stereocenters. The summed E-state index contributed by atoms with van der Waals surface area (Å²) in [6.45, 7) is 5.70. The number of fused-ring (bicyclic) bond motifs is 1. The van der Waals surface area contributed by atoms with E-state index in [4.69, 9.17) is 9.73 Å². The number of rotatable bonds is 7. The predicted octanol–water partition coefficient (Wildman–Crippen LogP) is 4.99. The second-order valence-corrected chi connectivity index (χ2v) is 11.7. The molecule has 0 aliphatic carbocycles. The first-order chi connectivity index (χ1) is 21.7. The highest BCUT2D eigenvalue weighted by Gasteiger charge is 2.33. The Labute approximate surface area is 262 Å². The van der Waals surface area contributed by atoms with Crippen LogP contribution in [-0.2, 0) is 4.79 Å². The predicted molar refractivity (Wildman–Crippen MR) is 174 cm³/mol. The molecule has 3 aromatic carbocycles. The number of carbonyl (C=O) groups excluding carboxylic acids is 1. The molecule has 3 heterocycles. The molecule has 9 nitrogen and oxygen atoms in total. The number of carbonyl (C=O) groups is 2. The Balaban J connectivity index is 1.48. The van der Waals surface area contributed by atoms with Crippen LogP contribution in [-0.4, -0.2) is 33.2 Å². The lowest BCUT2D eigenvalue weighted by atomic mass is 9.95. The normalized spacial score (nSPS) is 14.6. The molecule has 0 saturated carbocycles. The summed E-state index contributed by atoms with van der Waals surface area (Å²) in [6.07, 6.45) is 1.85. The lowest BCUT2D eigenvalue weighted by Crippen LogP contribution is -2.40. The number of aryl methyl sites for hydroxylation is 1. The summed E-state index contributed by atoms with van der Waals surface area (Å²) >= 11 is 1.27. The number of aromatic carboxylic acids is 1. The first-order valence-corrected chi connectivity index (χ1v) is 15.0. The molecule has 1 aliphatic heterocycles. The maximum Gasteiger partial charge on any atom is 0.335 e. The van der Waals surface area contributed by atoms with Crippen LogP contribution in [0.5, 0.6) is 5.75 Å². The van der Waals surface area contributed by atoms with Crippen LogP contribution in [0.3, 0.4) is 0 Å². The van der Waals surface area contributed by atoms with E-state index >= 15 is 0 Å². The van der Waals surface area contributed by atoms with Gasteiger partial charge in [0.1, 0.15) is 5.75 Å². The van der Waals surface area contributed by atoms with Crippen molar-refractivity contribution >= 4 is 35.0 Å². The maximum absolute atomic E-state index is 14.2. The second-order valence-electron chi connectivity index (χ2n) is 10.7. The number of carboxylic acids is 1. The van der Waals surface area contributed by atoms with Gasteiger partial charge < -0.3 is 19.7 Å². The average Bonchev–Trinajstić information content (AvgIpc) is 3.49. The minimum atomic E-state index is -0.984. The average molecular weight is 619 g/mol. The van der Waals surface area contributed by atoms with Crippen molar-refractivity contribution in [3.05, 3.63) is 144 Å². The first-order valence-electron chi connectivity index (χ1n) is 14.2. The summed E-state index contributed by atoms with van der Waals surface area (Å²) in [5.41, 5.74) is 5.68. The zero-order chi connectivity index (χ0) is 31.8. The Hall–Kier alpha value is -5.48. The lowest BCUT2D eigenvalue weighted by molar-refractivity contribution is -0.113. The van der Waals surface area contributed by atoms with Crippen molar-refractivity contribution in [2.24, 2.45) is 4.99 Å². The van der Waals surface area contributed by atoms with E-state index in [1.54, 1.807) is 55.0 Å². The number of hydrogen-bond donors (Lipinski definition) is 2. The number of nitrogens with zero attached hydrogens (tertiary/aromatic N) is 3. The number of aromatic nitrogens is 2. The van der Waals surface area contributed by atoms with Crippen molar-refractivity contribution in [2.75, 3.05) is 12.4 Å². The fourth-order valence-corrected chi connectivity index (χ4v) is 6.72. The lowest BCUT2D eigenvalue weighted by Gasteiger charge is -2.25. The van der Waals surface area contributed by atoms with E-state index in [2.05, 4.69) is 5.32 Å². The van der Waals surface area contributed by atoms with E-state index in [9.17, 15) is 19.5 Å². The van der Waals surface area contributed by atoms with Crippen molar-refractivity contribution in [3.8, 4) is 11.4 Å². The molecule has 1 amide bonds. The molecule has 1 aliphatic rings. The Kier molecular flexibility index (Phi) is 7.82. The third-order valence-corrected chi connectivity index (χ3v) is 8.82. The monoisotopic (exact) mass is 618 g/mol. The fraction of sp³-hybridized carbons (Fsp3) is 0.143. The van der Waals surface area contributed by atoms with Crippen LogP contribution in [0.1, 0.15) is 45.8 Å². The van der Waals surface area contributed by atoms with E-state index in [0.29, 0.717) is 32.0 Å². The number of carboxylic acid groups (broad SMARTS) is 1. The molecule has 45 heavy (non-hydrogen) atoms. The van der Waals surface area contributed by atoms with Gasteiger partial charge in [0, 0.05) is 22.8 Å². The third-order valence-electron chi connectivity index (χ3n) is 7.84. The number of hydrogen-bond acceptors (Lipinski definition) is 6. The van der Waals surface area contributed by atoms with Gasteiger partial charge in [0.25, 0.3) is 11.5 Å². The molecular weight excluding hydrogens is 588 g/mol. The molecule has 0 unspecified atom stereocenters. The van der Waals surface area contributed by atoms with Gasteiger partial charge in [-0.3, -0.25) is 14.2 Å². The van der Waals surface area contributed by atoms with Gasteiger partial charge in [-0.25, -0.2) is 9.79 Å². The number of methoxy groups -OCH3 is 1. The van der Waals surface area contributed by atoms with Crippen LogP contribution in [0.2, 0.25) is 0 Å². The largest absolute Gasteiger partial charge is 0.497 e. The number of thiazole rings is 1. The molecule has 0 radical (unpaired) electrons. The van der Waals surface area contributed by atoms with E-state index in [1.165, 1.54) is 11.3 Å². The van der Waals surface area contributed by atoms with Gasteiger partial charge in [-0.1, -0.05) is 41.7 Å². The topological polar surface area (TPSA) is 115 Å². The summed E-state index contributed by atoms with van der Waals surface area (Å²) in [5.74, 6) is -0.723. The van der Waals surface area contributed by atoms with Crippen LogP contribution in [0.4, 0.5) is 5.69 Å². The van der Waals surface area contributed by atoms with Gasteiger partial charge >= 0.3 is 5.97 Å². The highest BCUT2D eigenvalue weighted by atomic mass is 32.1. The molecule has 2 aromatic heterocycles. The van der Waals surface area contributed by atoms with Crippen LogP contribution < -0.4 is 24.9 Å². The van der Waals surface area contributed by atoms with Gasteiger partial charge in [-0.05, 0) is 92.6 Å². The summed E-state index contributed by atoms with van der Waals surface area (Å²) in [7, 11) is 1.58. The SMILES string of the molecule is COc1cccc([C@H]2C(C(=O)Nc3ccccc3)=C(C)N=c3s/c(=C\c4cc(C)n(-c5ccc(C(=O)O)cc5)c4C)c(=O)n32)c1. The van der Waals surface area contributed by atoms with Gasteiger partial charge in [0.2, 0.25) is 0 Å². The molecule has 6 rings (SSSR count). The number of para-hydroxylation sites is 1. The van der Waals surface area contributed by atoms with Gasteiger partial charge in [-0.2, -0.15) is 0 Å². The minimum Gasteiger partial charge on any atom is -0.497 e. The zero-order valence-corrected chi connectivity index (χ0v) is 25.9. The number of benzene rings is 3. The maximum atomic E-state index is 14.2. The summed E-state index contributed by atoms with van der Waals surface area (Å²) in [6, 6.07) is 24.5. The molecule has 226 valence electrons. The van der Waals surface area contributed by atoms with E-state index < -0.39 is 12.0 Å². The summed E-state index contributed by atoms with van der Waals surface area (Å²) in [5, 5.41) is 12.3. The molecule has 10 heteroatoms. The first kappa shape index (κ1) is 29.6. The Morgan fingerprint density at radius 3 is 2.40 bits per heavy atom. The Bertz CT molecular complexity index is 2170. The number of allylic oxidation sites excluding steroid dienone is 1. The standard InChI is InChI=1S/C35H30N4O5S/c1-20-17-25(22(3)38(20)27-15-13-23(14-16-27)34(42)43)19-29-33(41)39-31(24-9-8-12-28(18-24)44-4)30(21(2)36-35(39)45-29)32(40)37-26-10-6-5-7-11-26/h5-19,31H,1-4H3,(H,37,40)(H,42,43)/b29-19-/t31-/m0/s1. The Morgan fingerprint density at radius 2 is 1.71 bits per heavy atom. The van der Waals surface area contributed by atoms with Crippen molar-refractivity contribution in [1.82, 2.24) is 9.13 Å². The highest BCUT2D eigenvalue weighted by molar-refractivity contribution is 7.07. The highest BCUT2D eigenvalue weighted by Crippen LogP contribution is 2.32. The molecular formula is C35H30N4O5S. The van der Waals surface area contributed by atoms with Gasteiger partial charge in [0.05, 0.1) is 34.5 Å². The number of nitrogens with one attached hydrogen (secondary N) is 1. The van der Waals surface area contributed by atoms with Crippen molar-refractivity contribution in [3.63, 3.8) is 0 Å². The van der Waals surface area contributed by atoms with E-state index in [1.807, 2.05) is 73.0 Å². The quantitative estimate of drug-likeness (QED) is 0.267. The van der Waals surface area contributed by atoms with E-state index in [-0.39, 0.29) is 17.0 Å². The number of anilines is 1. The van der Waals surface area contributed by atoms with Gasteiger partial charge in [-0.15, -0.1) is 0 Å². The minimum absolute atomic E-state index is 0.209. The molecule has 2 N–H and O–H groups in total. The van der Waals surface area contributed by atoms with Crippen LogP contribution in [0.15, 0.2) is 106 Å². The van der Waals surface area contributed by atoms with Crippen molar-refractivity contribution < 1.29 is 19.4 Å². The summed E-state index contributed by atoms with van der Waals surface area (Å²) < 4.78 is 9.56. The molecule has 0 saturated heterocycles. The number of amides is 1. The summed E-state index contributed by atoms with van der Waals surface area (Å²) in [4.78, 5) is 44.6. The third kappa shape index (κ3) is 5.51. The fourth-order valence-electron chi connectivity index (χ4n) is 5.68. The second kappa shape index (κ2) is 11.9. The van der Waals surface area contributed by atoms with Crippen molar-refractivity contribution in [2.45, 2.75) is 26.8 Å². The zero-order valence-electron chi connectivity index (χ0n) is 25.1. The van der Waals surface area contributed by atoms with Gasteiger partial charge in [0.15, 0.2) is 4.80 Å². The van der Waals surface area contributed by atoms with Crippen LogP contribution >= 0.6 is 11.3 Å². The van der Waals surface area contributed by atoms with Crippen LogP contribution in [0, 0.1) is 13.8 Å².